The van der Waals surface area contributed by atoms with Crippen LogP contribution in [0.3, 0.4) is 0 Å². The zero-order valence-corrected chi connectivity index (χ0v) is 10.3. The van der Waals surface area contributed by atoms with Gasteiger partial charge in [0, 0.05) is 0 Å². The van der Waals surface area contributed by atoms with Crippen LogP contribution >= 0.6 is 0 Å². The summed E-state index contributed by atoms with van der Waals surface area (Å²) in [4.78, 5) is 0. The zero-order chi connectivity index (χ0) is 12.6. The molecular weight excluding hydrogens is 212 g/mol. The average molecular weight is 228 g/mol. The molecule has 2 aromatic carbocycles. The Hall–Kier alpha value is -1.96. The Balaban J connectivity index is 2.64. The molecule has 2 heteroatoms. The maximum absolute atomic E-state index is 9.57. The Morgan fingerprint density at radius 1 is 0.706 bits per heavy atom. The molecule has 0 unspecified atom stereocenters. The van der Waals surface area contributed by atoms with E-state index in [1.165, 1.54) is 11.1 Å². The van der Waals surface area contributed by atoms with E-state index in [2.05, 4.69) is 18.2 Å². The van der Waals surface area contributed by atoms with Crippen molar-refractivity contribution in [3.8, 4) is 22.6 Å². The number of hydrogen-bond acceptors (Lipinski definition) is 2. The highest BCUT2D eigenvalue weighted by Gasteiger charge is 2.08. The fourth-order valence-electron chi connectivity index (χ4n) is 2.12. The predicted octanol–water partition coefficient (Wildman–Crippen LogP) is 3.69. The molecule has 2 rings (SSSR count). The van der Waals surface area contributed by atoms with E-state index in [1.807, 2.05) is 20.8 Å². The Bertz CT molecular complexity index is 551. The van der Waals surface area contributed by atoms with Crippen molar-refractivity contribution >= 4 is 0 Å². The highest BCUT2D eigenvalue weighted by molar-refractivity contribution is 5.71. The summed E-state index contributed by atoms with van der Waals surface area (Å²) < 4.78 is 0. The number of hydrogen-bond donors (Lipinski definition) is 2. The van der Waals surface area contributed by atoms with Gasteiger partial charge in [-0.1, -0.05) is 29.3 Å². The molecule has 0 aliphatic rings. The lowest BCUT2D eigenvalue weighted by Gasteiger charge is -2.10. The minimum atomic E-state index is -0.0789. The van der Waals surface area contributed by atoms with Gasteiger partial charge in [-0.2, -0.15) is 0 Å². The third-order valence-electron chi connectivity index (χ3n) is 2.85. The molecule has 0 heterocycles. The van der Waals surface area contributed by atoms with Crippen molar-refractivity contribution in [2.45, 2.75) is 20.8 Å². The Kier molecular flexibility index (Phi) is 2.80. The van der Waals surface area contributed by atoms with Gasteiger partial charge >= 0.3 is 0 Å². The molecule has 0 aromatic heterocycles. The summed E-state index contributed by atoms with van der Waals surface area (Å²) in [6.45, 7) is 6.02. The van der Waals surface area contributed by atoms with E-state index >= 15 is 0 Å². The Morgan fingerprint density at radius 3 is 1.82 bits per heavy atom. The average Bonchev–Trinajstić information content (AvgIpc) is 2.22. The monoisotopic (exact) mass is 228 g/mol. The summed E-state index contributed by atoms with van der Waals surface area (Å²) in [5.41, 5.74) is 5.34. The summed E-state index contributed by atoms with van der Waals surface area (Å²) in [7, 11) is 0. The minimum Gasteiger partial charge on any atom is -0.504 e. The number of aryl methyl sites for hydroxylation is 3. The molecule has 0 fully saturated rings. The summed E-state index contributed by atoms with van der Waals surface area (Å²) in [6.07, 6.45) is 0. The van der Waals surface area contributed by atoms with Gasteiger partial charge in [-0.3, -0.25) is 0 Å². The van der Waals surface area contributed by atoms with Crippen LogP contribution in [0.15, 0.2) is 30.3 Å². The van der Waals surface area contributed by atoms with Crippen LogP contribution in [-0.4, -0.2) is 10.2 Å². The van der Waals surface area contributed by atoms with Gasteiger partial charge in [0.15, 0.2) is 11.5 Å². The fourth-order valence-corrected chi connectivity index (χ4v) is 2.12. The second-order valence-corrected chi connectivity index (χ2v) is 4.53. The van der Waals surface area contributed by atoms with Crippen LogP contribution in [0.4, 0.5) is 0 Å². The van der Waals surface area contributed by atoms with E-state index in [1.54, 1.807) is 12.1 Å². The van der Waals surface area contributed by atoms with Crippen molar-refractivity contribution in [3.63, 3.8) is 0 Å². The summed E-state index contributed by atoms with van der Waals surface area (Å²) in [5, 5.41) is 19.0. The molecule has 0 saturated heterocycles. The summed E-state index contributed by atoms with van der Waals surface area (Å²) >= 11 is 0. The molecule has 2 N–H and O–H groups in total. The van der Waals surface area contributed by atoms with Gasteiger partial charge in [-0.05, 0) is 49.6 Å². The lowest BCUT2D eigenvalue weighted by molar-refractivity contribution is 0.403. The third-order valence-corrected chi connectivity index (χ3v) is 2.85. The van der Waals surface area contributed by atoms with Crippen molar-refractivity contribution in [3.05, 3.63) is 47.0 Å². The minimum absolute atomic E-state index is 0.0735. The first kappa shape index (κ1) is 11.5. The second kappa shape index (κ2) is 4.13. The summed E-state index contributed by atoms with van der Waals surface area (Å²) in [5.74, 6) is -0.152. The van der Waals surface area contributed by atoms with E-state index in [9.17, 15) is 10.2 Å². The quantitative estimate of drug-likeness (QED) is 0.731. The summed E-state index contributed by atoms with van der Waals surface area (Å²) in [6, 6.07) is 9.46. The number of phenolic OH excluding ortho intramolecular Hbond substituents is 2. The van der Waals surface area contributed by atoms with E-state index in [4.69, 9.17) is 0 Å². The van der Waals surface area contributed by atoms with Crippen LogP contribution in [0, 0.1) is 20.8 Å². The molecule has 0 spiro atoms. The van der Waals surface area contributed by atoms with Crippen LogP contribution in [0.2, 0.25) is 0 Å². The Morgan fingerprint density at radius 2 is 1.24 bits per heavy atom. The molecular formula is C15H16O2. The number of rotatable bonds is 1. The number of aromatic hydroxyl groups is 2. The fraction of sp³-hybridized carbons (Fsp3) is 0.200. The van der Waals surface area contributed by atoms with Gasteiger partial charge in [0.2, 0.25) is 0 Å². The molecule has 17 heavy (non-hydrogen) atoms. The van der Waals surface area contributed by atoms with Gasteiger partial charge in [0.1, 0.15) is 0 Å². The van der Waals surface area contributed by atoms with Crippen molar-refractivity contribution in [2.24, 2.45) is 0 Å². The maximum atomic E-state index is 9.57. The molecule has 0 bridgehead atoms. The van der Waals surface area contributed by atoms with E-state index in [-0.39, 0.29) is 11.5 Å². The molecule has 2 nitrogen and oxygen atoms in total. The molecule has 0 radical (unpaired) electrons. The molecule has 2 aromatic rings. The van der Waals surface area contributed by atoms with Gasteiger partial charge in [0.05, 0.1) is 0 Å². The molecule has 0 amide bonds. The largest absolute Gasteiger partial charge is 0.504 e. The van der Waals surface area contributed by atoms with Crippen LogP contribution < -0.4 is 0 Å². The highest BCUT2D eigenvalue weighted by atomic mass is 16.3. The first-order valence-electron chi connectivity index (χ1n) is 5.58. The first-order chi connectivity index (χ1) is 7.97. The standard InChI is InChI=1S/C15H16O2/c1-9-4-10(2)6-12(5-9)13-8-15(17)14(16)7-11(13)3/h4-8,16-17H,1-3H3. The Labute approximate surface area is 101 Å². The van der Waals surface area contributed by atoms with E-state index in [0.717, 1.165) is 16.7 Å². The first-order valence-corrected chi connectivity index (χ1v) is 5.58. The molecule has 0 saturated carbocycles. The van der Waals surface area contributed by atoms with Crippen LogP contribution in [0.5, 0.6) is 11.5 Å². The highest BCUT2D eigenvalue weighted by Crippen LogP contribution is 2.34. The van der Waals surface area contributed by atoms with E-state index in [0.29, 0.717) is 0 Å². The molecule has 0 aliphatic carbocycles. The SMILES string of the molecule is Cc1cc(C)cc(-c2cc(O)c(O)cc2C)c1. The zero-order valence-electron chi connectivity index (χ0n) is 10.3. The van der Waals surface area contributed by atoms with Crippen LogP contribution in [0.1, 0.15) is 16.7 Å². The normalized spacial score (nSPS) is 10.5. The van der Waals surface area contributed by atoms with Crippen LogP contribution in [0.25, 0.3) is 11.1 Å². The van der Waals surface area contributed by atoms with Crippen molar-refractivity contribution < 1.29 is 10.2 Å². The lowest BCUT2D eigenvalue weighted by atomic mass is 9.97. The number of benzene rings is 2. The second-order valence-electron chi connectivity index (χ2n) is 4.53. The van der Waals surface area contributed by atoms with Gasteiger partial charge in [0.25, 0.3) is 0 Å². The molecule has 0 aliphatic heterocycles. The predicted molar refractivity (Wildman–Crippen MR) is 69.4 cm³/mol. The molecule has 0 atom stereocenters. The third kappa shape index (κ3) is 2.26. The topological polar surface area (TPSA) is 40.5 Å². The van der Waals surface area contributed by atoms with E-state index < -0.39 is 0 Å². The lowest BCUT2D eigenvalue weighted by Crippen LogP contribution is -1.86. The van der Waals surface area contributed by atoms with Gasteiger partial charge in [-0.25, -0.2) is 0 Å². The van der Waals surface area contributed by atoms with Gasteiger partial charge < -0.3 is 10.2 Å². The number of phenols is 2. The van der Waals surface area contributed by atoms with Gasteiger partial charge in [-0.15, -0.1) is 0 Å². The smallest absolute Gasteiger partial charge is 0.158 e. The molecule has 88 valence electrons. The van der Waals surface area contributed by atoms with Crippen molar-refractivity contribution in [1.29, 1.82) is 0 Å². The maximum Gasteiger partial charge on any atom is 0.158 e. The van der Waals surface area contributed by atoms with Crippen LogP contribution in [-0.2, 0) is 0 Å². The van der Waals surface area contributed by atoms with Crippen molar-refractivity contribution in [2.75, 3.05) is 0 Å². The van der Waals surface area contributed by atoms with Crippen molar-refractivity contribution in [1.82, 2.24) is 0 Å².